The average Bonchev–Trinajstić information content (AvgIpc) is 2.50. The van der Waals surface area contributed by atoms with Crippen LogP contribution in [-0.4, -0.2) is 43.2 Å². The van der Waals surface area contributed by atoms with Gasteiger partial charge in [-0.3, -0.25) is 9.80 Å². The van der Waals surface area contributed by atoms with Gasteiger partial charge in [-0.2, -0.15) is 0 Å². The van der Waals surface area contributed by atoms with E-state index in [2.05, 4.69) is 30.8 Å². The highest BCUT2D eigenvalue weighted by Crippen LogP contribution is 2.14. The van der Waals surface area contributed by atoms with Gasteiger partial charge in [-0.1, -0.05) is 6.92 Å². The van der Waals surface area contributed by atoms with Crippen molar-refractivity contribution in [1.29, 1.82) is 0 Å². The Balaban J connectivity index is 2.28. The SMILES string of the molecule is [CH2]CC(N(C)C)N1CC1. The van der Waals surface area contributed by atoms with Crippen molar-refractivity contribution in [2.75, 3.05) is 27.2 Å². The summed E-state index contributed by atoms with van der Waals surface area (Å²) in [7, 11) is 4.21. The van der Waals surface area contributed by atoms with Gasteiger partial charge < -0.3 is 0 Å². The summed E-state index contributed by atoms with van der Waals surface area (Å²) >= 11 is 0. The predicted octanol–water partition coefficient (Wildman–Crippen LogP) is 0.414. The molecule has 0 aromatic carbocycles. The molecule has 1 saturated heterocycles. The molecule has 0 bridgehead atoms. The second-order valence-electron chi connectivity index (χ2n) is 2.77. The Hall–Kier alpha value is -0.0800. The third-order valence-corrected chi connectivity index (χ3v) is 1.76. The number of hydrogen-bond acceptors (Lipinski definition) is 2. The van der Waals surface area contributed by atoms with Crippen molar-refractivity contribution in [1.82, 2.24) is 9.80 Å². The van der Waals surface area contributed by atoms with Crippen molar-refractivity contribution in [3.63, 3.8) is 0 Å². The minimum Gasteiger partial charge on any atom is -0.294 e. The Morgan fingerprint density at radius 3 is 2.22 bits per heavy atom. The van der Waals surface area contributed by atoms with E-state index in [9.17, 15) is 0 Å². The van der Waals surface area contributed by atoms with Gasteiger partial charge in [0.05, 0.1) is 6.17 Å². The molecule has 1 radical (unpaired) electrons. The summed E-state index contributed by atoms with van der Waals surface area (Å²) in [6.07, 6.45) is 1.58. The Morgan fingerprint density at radius 1 is 1.56 bits per heavy atom. The highest BCUT2D eigenvalue weighted by atomic mass is 15.4. The molecule has 0 aromatic heterocycles. The van der Waals surface area contributed by atoms with Crippen LogP contribution in [0.25, 0.3) is 0 Å². The first kappa shape index (κ1) is 7.03. The van der Waals surface area contributed by atoms with Crippen LogP contribution in [0.4, 0.5) is 0 Å². The van der Waals surface area contributed by atoms with E-state index in [1.165, 1.54) is 13.1 Å². The fraction of sp³-hybridized carbons (Fsp3) is 0.857. The highest BCUT2D eigenvalue weighted by molar-refractivity contribution is 4.80. The van der Waals surface area contributed by atoms with E-state index < -0.39 is 0 Å². The van der Waals surface area contributed by atoms with Crippen molar-refractivity contribution in [3.05, 3.63) is 6.92 Å². The van der Waals surface area contributed by atoms with Gasteiger partial charge >= 0.3 is 0 Å². The molecule has 0 saturated carbocycles. The summed E-state index contributed by atoms with van der Waals surface area (Å²) in [4.78, 5) is 4.63. The zero-order chi connectivity index (χ0) is 6.85. The molecule has 1 aliphatic rings. The zero-order valence-electron chi connectivity index (χ0n) is 6.30. The molecule has 0 amide bonds. The van der Waals surface area contributed by atoms with Gasteiger partial charge in [0.1, 0.15) is 0 Å². The average molecular weight is 127 g/mol. The summed E-state index contributed by atoms with van der Waals surface area (Å²) in [6.45, 7) is 6.41. The second-order valence-corrected chi connectivity index (χ2v) is 2.77. The topological polar surface area (TPSA) is 6.25 Å². The third-order valence-electron chi connectivity index (χ3n) is 1.76. The normalized spacial score (nSPS) is 22.7. The first-order valence-electron chi connectivity index (χ1n) is 3.45. The lowest BCUT2D eigenvalue weighted by atomic mass is 10.3. The fourth-order valence-electron chi connectivity index (χ4n) is 1.12. The Labute approximate surface area is 57.4 Å². The lowest BCUT2D eigenvalue weighted by Crippen LogP contribution is -2.34. The van der Waals surface area contributed by atoms with Crippen LogP contribution >= 0.6 is 0 Å². The van der Waals surface area contributed by atoms with Gasteiger partial charge in [-0.25, -0.2) is 0 Å². The highest BCUT2D eigenvalue weighted by Gasteiger charge is 2.26. The molecule has 2 heteroatoms. The lowest BCUT2D eigenvalue weighted by molar-refractivity contribution is 0.183. The molecule has 53 valence electrons. The van der Waals surface area contributed by atoms with Crippen molar-refractivity contribution in [3.8, 4) is 0 Å². The van der Waals surface area contributed by atoms with E-state index in [-0.39, 0.29) is 0 Å². The Morgan fingerprint density at radius 2 is 2.11 bits per heavy atom. The molecule has 9 heavy (non-hydrogen) atoms. The van der Waals surface area contributed by atoms with E-state index in [0.29, 0.717) is 6.17 Å². The maximum Gasteiger partial charge on any atom is 0.0618 e. The van der Waals surface area contributed by atoms with Gasteiger partial charge in [0.2, 0.25) is 0 Å². The quantitative estimate of drug-likeness (QED) is 0.507. The van der Waals surface area contributed by atoms with Crippen molar-refractivity contribution >= 4 is 0 Å². The molecule has 2 nitrogen and oxygen atoms in total. The maximum atomic E-state index is 3.89. The first-order chi connectivity index (χ1) is 4.25. The third kappa shape index (κ3) is 1.66. The monoisotopic (exact) mass is 127 g/mol. The Bertz CT molecular complexity index is 84.9. The molecule has 1 rings (SSSR count). The zero-order valence-corrected chi connectivity index (χ0v) is 6.30. The van der Waals surface area contributed by atoms with Crippen LogP contribution in [0.3, 0.4) is 0 Å². The van der Waals surface area contributed by atoms with Crippen LogP contribution in [0, 0.1) is 6.92 Å². The number of rotatable bonds is 3. The molecule has 0 N–H and O–H groups in total. The lowest BCUT2D eigenvalue weighted by Gasteiger charge is -2.23. The van der Waals surface area contributed by atoms with Gasteiger partial charge in [0, 0.05) is 13.1 Å². The van der Waals surface area contributed by atoms with E-state index in [0.717, 1.165) is 6.42 Å². The molecule has 0 aliphatic carbocycles. The van der Waals surface area contributed by atoms with Gasteiger partial charge in [-0.05, 0) is 20.5 Å². The van der Waals surface area contributed by atoms with Gasteiger partial charge in [0.25, 0.3) is 0 Å². The molecule has 0 spiro atoms. The van der Waals surface area contributed by atoms with Crippen molar-refractivity contribution in [2.45, 2.75) is 12.6 Å². The van der Waals surface area contributed by atoms with Crippen LogP contribution in [0.1, 0.15) is 6.42 Å². The van der Waals surface area contributed by atoms with Crippen LogP contribution in [0.5, 0.6) is 0 Å². The molecule has 0 aromatic rings. The van der Waals surface area contributed by atoms with E-state index in [1.807, 2.05) is 0 Å². The van der Waals surface area contributed by atoms with Crippen LogP contribution < -0.4 is 0 Å². The molecule has 1 aliphatic heterocycles. The van der Waals surface area contributed by atoms with Crippen molar-refractivity contribution < 1.29 is 0 Å². The van der Waals surface area contributed by atoms with Gasteiger partial charge in [-0.15, -0.1) is 0 Å². The second kappa shape index (κ2) is 2.67. The number of hydrogen-bond donors (Lipinski definition) is 0. The van der Waals surface area contributed by atoms with E-state index in [1.54, 1.807) is 0 Å². The largest absolute Gasteiger partial charge is 0.294 e. The summed E-state index contributed by atoms with van der Waals surface area (Å²) in [6, 6.07) is 0. The van der Waals surface area contributed by atoms with Crippen molar-refractivity contribution in [2.24, 2.45) is 0 Å². The minimum absolute atomic E-state index is 0.588. The smallest absolute Gasteiger partial charge is 0.0618 e. The molecule has 1 unspecified atom stereocenters. The van der Waals surface area contributed by atoms with E-state index in [4.69, 9.17) is 0 Å². The predicted molar refractivity (Wildman–Crippen MR) is 39.0 cm³/mol. The summed E-state index contributed by atoms with van der Waals surface area (Å²) in [5, 5.41) is 0. The summed E-state index contributed by atoms with van der Waals surface area (Å²) < 4.78 is 0. The molecule has 1 fully saturated rings. The fourth-order valence-corrected chi connectivity index (χ4v) is 1.12. The van der Waals surface area contributed by atoms with Crippen LogP contribution in [-0.2, 0) is 0 Å². The summed E-state index contributed by atoms with van der Waals surface area (Å²) in [5.74, 6) is 0. The molecule has 1 heterocycles. The van der Waals surface area contributed by atoms with Crippen LogP contribution in [0.2, 0.25) is 0 Å². The van der Waals surface area contributed by atoms with E-state index >= 15 is 0 Å². The molecule has 1 atom stereocenters. The maximum absolute atomic E-state index is 3.89. The molecular formula is C7H15N2. The Kier molecular flexibility index (Phi) is 2.09. The molecular weight excluding hydrogens is 112 g/mol. The minimum atomic E-state index is 0.588. The number of nitrogens with zero attached hydrogens (tertiary/aromatic N) is 2. The summed E-state index contributed by atoms with van der Waals surface area (Å²) in [5.41, 5.74) is 0. The first-order valence-corrected chi connectivity index (χ1v) is 3.45. The van der Waals surface area contributed by atoms with Crippen LogP contribution in [0.15, 0.2) is 0 Å². The van der Waals surface area contributed by atoms with Gasteiger partial charge in [0.15, 0.2) is 0 Å². The standard InChI is InChI=1S/C7H15N2/c1-4-7(8(2)3)9-5-6-9/h7H,1,4-6H2,2-3H3.